The molecule has 0 amide bonds. The summed E-state index contributed by atoms with van der Waals surface area (Å²) in [6, 6.07) is 5.53. The average molecular weight is 243 g/mol. The molecule has 0 aliphatic heterocycles. The summed E-state index contributed by atoms with van der Waals surface area (Å²) in [4.78, 5) is 3.27. The highest BCUT2D eigenvalue weighted by Crippen LogP contribution is 2.26. The summed E-state index contributed by atoms with van der Waals surface area (Å²) in [7, 11) is 0. The number of nitrogens with two attached hydrogens (primary N) is 2. The number of aromatic amines is 1. The van der Waals surface area contributed by atoms with Crippen LogP contribution in [0, 0.1) is 10.8 Å². The second-order valence-electron chi connectivity index (χ2n) is 4.28. The van der Waals surface area contributed by atoms with Crippen LogP contribution < -0.4 is 11.5 Å². The van der Waals surface area contributed by atoms with Crippen molar-refractivity contribution in [1.82, 2.24) is 4.98 Å². The van der Waals surface area contributed by atoms with E-state index >= 15 is 0 Å². The summed E-state index contributed by atoms with van der Waals surface area (Å²) in [6.45, 7) is 2.07. The van der Waals surface area contributed by atoms with Crippen LogP contribution in [-0.2, 0) is 6.42 Å². The molecule has 7 N–H and O–H groups in total. The summed E-state index contributed by atoms with van der Waals surface area (Å²) >= 11 is 0. The predicted molar refractivity (Wildman–Crippen MR) is 74.3 cm³/mol. The van der Waals surface area contributed by atoms with Crippen LogP contribution in [0.1, 0.15) is 30.2 Å². The smallest absolute Gasteiger partial charge is 0.125 e. The quantitative estimate of drug-likeness (QED) is 0.415. The van der Waals surface area contributed by atoms with Crippen molar-refractivity contribution >= 4 is 22.6 Å². The zero-order valence-electron chi connectivity index (χ0n) is 10.3. The van der Waals surface area contributed by atoms with Crippen molar-refractivity contribution in [1.29, 1.82) is 10.8 Å². The molecule has 0 aliphatic carbocycles. The van der Waals surface area contributed by atoms with E-state index in [1.165, 1.54) is 0 Å². The van der Waals surface area contributed by atoms with E-state index in [0.29, 0.717) is 11.1 Å². The molecular formula is C13H17N5. The molecule has 94 valence electrons. The lowest BCUT2D eigenvalue weighted by molar-refractivity contribution is 0.893. The molecule has 1 heterocycles. The fourth-order valence-electron chi connectivity index (χ4n) is 2.26. The van der Waals surface area contributed by atoms with Crippen molar-refractivity contribution in [2.45, 2.75) is 19.8 Å². The van der Waals surface area contributed by atoms with Gasteiger partial charge in [0.25, 0.3) is 0 Å². The van der Waals surface area contributed by atoms with Crippen LogP contribution in [0.4, 0.5) is 0 Å². The number of nitrogen functional groups attached to an aromatic ring is 2. The van der Waals surface area contributed by atoms with Crippen LogP contribution in [0.5, 0.6) is 0 Å². The summed E-state index contributed by atoms with van der Waals surface area (Å²) in [6.07, 6.45) is 1.78. The lowest BCUT2D eigenvalue weighted by Gasteiger charge is -2.04. The van der Waals surface area contributed by atoms with Gasteiger partial charge in [-0.15, -0.1) is 0 Å². The fraction of sp³-hybridized carbons (Fsp3) is 0.231. The van der Waals surface area contributed by atoms with Gasteiger partial charge < -0.3 is 16.5 Å². The van der Waals surface area contributed by atoms with Gasteiger partial charge in [-0.25, -0.2) is 0 Å². The van der Waals surface area contributed by atoms with E-state index in [9.17, 15) is 0 Å². The monoisotopic (exact) mass is 243 g/mol. The molecule has 5 heteroatoms. The maximum atomic E-state index is 7.74. The predicted octanol–water partition coefficient (Wildman–Crippen LogP) is 1.69. The van der Waals surface area contributed by atoms with E-state index in [4.69, 9.17) is 22.3 Å². The molecule has 1 aromatic heterocycles. The molecule has 0 saturated carbocycles. The van der Waals surface area contributed by atoms with Crippen molar-refractivity contribution in [3.8, 4) is 0 Å². The van der Waals surface area contributed by atoms with E-state index in [-0.39, 0.29) is 11.7 Å². The molecule has 0 unspecified atom stereocenters. The fourth-order valence-corrected chi connectivity index (χ4v) is 2.26. The minimum atomic E-state index is -0.00912. The molecule has 0 fully saturated rings. The standard InChI is InChI=1S/C13H17N5/c1-2-4-8-11(13(16)17)10-7(12(14)15)5-3-6-9(10)18-8/h3,5-6,18H,2,4H2,1H3,(H3,14,15)(H3,16,17). The molecule has 0 radical (unpaired) electrons. The zero-order chi connectivity index (χ0) is 13.3. The van der Waals surface area contributed by atoms with Crippen LogP contribution in [0.15, 0.2) is 18.2 Å². The first kappa shape index (κ1) is 12.2. The molecular weight excluding hydrogens is 226 g/mol. The third-order valence-electron chi connectivity index (χ3n) is 2.96. The van der Waals surface area contributed by atoms with Crippen LogP contribution in [0.25, 0.3) is 10.9 Å². The molecule has 5 nitrogen and oxygen atoms in total. The third-order valence-corrected chi connectivity index (χ3v) is 2.96. The number of benzene rings is 1. The number of nitrogens with one attached hydrogen (secondary N) is 3. The minimum Gasteiger partial charge on any atom is -0.384 e. The normalized spacial score (nSPS) is 10.7. The molecule has 18 heavy (non-hydrogen) atoms. The van der Waals surface area contributed by atoms with Gasteiger partial charge in [0.05, 0.1) is 0 Å². The van der Waals surface area contributed by atoms with Gasteiger partial charge in [0.15, 0.2) is 0 Å². The average Bonchev–Trinajstić information content (AvgIpc) is 2.66. The lowest BCUT2D eigenvalue weighted by atomic mass is 10.0. The second kappa shape index (κ2) is 4.52. The zero-order valence-corrected chi connectivity index (χ0v) is 10.3. The van der Waals surface area contributed by atoms with Crippen LogP contribution in [0.2, 0.25) is 0 Å². The van der Waals surface area contributed by atoms with Gasteiger partial charge in [0.1, 0.15) is 11.7 Å². The molecule has 0 atom stereocenters. The highest BCUT2D eigenvalue weighted by atomic mass is 14.8. The summed E-state index contributed by atoms with van der Waals surface area (Å²) in [5, 5.41) is 16.1. The van der Waals surface area contributed by atoms with E-state index in [1.54, 1.807) is 6.07 Å². The summed E-state index contributed by atoms with van der Waals surface area (Å²) in [5.74, 6) is 0.00329. The Bertz CT molecular complexity index is 624. The second-order valence-corrected chi connectivity index (χ2v) is 4.28. The Morgan fingerprint density at radius 1 is 1.22 bits per heavy atom. The Balaban J connectivity index is 2.83. The SMILES string of the molecule is CCCc1[nH]c2cccc(C(=N)N)c2c1C(=N)N. The first-order valence-electron chi connectivity index (χ1n) is 5.88. The van der Waals surface area contributed by atoms with Gasteiger partial charge >= 0.3 is 0 Å². The number of aryl methyl sites for hydroxylation is 1. The topological polar surface area (TPSA) is 116 Å². The van der Waals surface area contributed by atoms with E-state index < -0.39 is 0 Å². The Hall–Kier alpha value is -2.30. The first-order valence-corrected chi connectivity index (χ1v) is 5.88. The van der Waals surface area contributed by atoms with E-state index in [2.05, 4.69) is 11.9 Å². The number of hydrogen-bond acceptors (Lipinski definition) is 2. The van der Waals surface area contributed by atoms with Gasteiger partial charge in [-0.05, 0) is 12.5 Å². The Labute approximate surface area is 105 Å². The van der Waals surface area contributed by atoms with Crippen LogP contribution in [-0.4, -0.2) is 16.7 Å². The first-order chi connectivity index (χ1) is 8.56. The molecule has 0 bridgehead atoms. The number of fused-ring (bicyclic) bond motifs is 1. The number of aromatic nitrogens is 1. The minimum absolute atomic E-state index is 0.00912. The lowest BCUT2D eigenvalue weighted by Crippen LogP contribution is -2.16. The van der Waals surface area contributed by atoms with Gasteiger partial charge in [-0.3, -0.25) is 10.8 Å². The Kier molecular flexibility index (Phi) is 3.06. The molecule has 0 spiro atoms. The van der Waals surface area contributed by atoms with Gasteiger partial charge in [-0.1, -0.05) is 25.5 Å². The maximum absolute atomic E-state index is 7.74. The van der Waals surface area contributed by atoms with Crippen molar-refractivity contribution in [2.75, 3.05) is 0 Å². The molecule has 2 aromatic rings. The highest BCUT2D eigenvalue weighted by molar-refractivity contribution is 6.16. The summed E-state index contributed by atoms with van der Waals surface area (Å²) in [5.41, 5.74) is 14.4. The number of rotatable bonds is 4. The Morgan fingerprint density at radius 3 is 2.50 bits per heavy atom. The number of H-pyrrole nitrogens is 1. The molecule has 2 rings (SSSR count). The van der Waals surface area contributed by atoms with Crippen molar-refractivity contribution in [3.05, 3.63) is 35.0 Å². The van der Waals surface area contributed by atoms with E-state index in [1.807, 2.05) is 12.1 Å². The molecule has 0 saturated heterocycles. The van der Waals surface area contributed by atoms with Crippen LogP contribution >= 0.6 is 0 Å². The van der Waals surface area contributed by atoms with Crippen LogP contribution in [0.3, 0.4) is 0 Å². The number of hydrogen-bond donors (Lipinski definition) is 5. The van der Waals surface area contributed by atoms with Gasteiger partial charge in [0, 0.05) is 27.7 Å². The van der Waals surface area contributed by atoms with Crippen molar-refractivity contribution < 1.29 is 0 Å². The summed E-state index contributed by atoms with van der Waals surface area (Å²) < 4.78 is 0. The molecule has 1 aromatic carbocycles. The third kappa shape index (κ3) is 1.84. The maximum Gasteiger partial charge on any atom is 0.125 e. The largest absolute Gasteiger partial charge is 0.384 e. The number of amidine groups is 2. The van der Waals surface area contributed by atoms with Gasteiger partial charge in [-0.2, -0.15) is 0 Å². The van der Waals surface area contributed by atoms with Gasteiger partial charge in [0.2, 0.25) is 0 Å². The van der Waals surface area contributed by atoms with Crippen molar-refractivity contribution in [3.63, 3.8) is 0 Å². The Morgan fingerprint density at radius 2 is 1.94 bits per heavy atom. The highest BCUT2D eigenvalue weighted by Gasteiger charge is 2.17. The van der Waals surface area contributed by atoms with Crippen molar-refractivity contribution in [2.24, 2.45) is 11.5 Å². The molecule has 0 aliphatic rings. The van der Waals surface area contributed by atoms with E-state index in [0.717, 1.165) is 29.4 Å².